The highest BCUT2D eigenvalue weighted by Crippen LogP contribution is 2.30. The molecular formula is C21H20N2O6. The molecule has 3 rings (SSSR count). The van der Waals surface area contributed by atoms with Gasteiger partial charge in [0.05, 0.1) is 7.11 Å². The molecule has 0 unspecified atom stereocenters. The summed E-state index contributed by atoms with van der Waals surface area (Å²) in [7, 11) is 1.50. The quantitative estimate of drug-likeness (QED) is 0.551. The Labute approximate surface area is 167 Å². The molecule has 0 aliphatic carbocycles. The first kappa shape index (κ1) is 19.9. The first-order valence-electron chi connectivity index (χ1n) is 8.80. The number of carboxylic acids is 1. The maximum absolute atomic E-state index is 12.2. The molecule has 1 heterocycles. The fourth-order valence-electron chi connectivity index (χ4n) is 2.87. The fourth-order valence-corrected chi connectivity index (χ4v) is 2.87. The first-order chi connectivity index (χ1) is 13.9. The molecule has 0 aromatic heterocycles. The minimum absolute atomic E-state index is 0.00766. The van der Waals surface area contributed by atoms with Crippen LogP contribution in [0, 0.1) is 6.92 Å². The summed E-state index contributed by atoms with van der Waals surface area (Å²) in [6.45, 7) is 1.68. The van der Waals surface area contributed by atoms with Gasteiger partial charge in [0.1, 0.15) is 18.8 Å². The molecule has 150 valence electrons. The molecule has 1 fully saturated rings. The number of amides is 3. The third-order valence-corrected chi connectivity index (χ3v) is 4.23. The SMILES string of the molecule is COc1cc(/C=C2/NC(=O)N(CC(=O)O)C2=O)ccc1OCc1cccc(C)c1. The smallest absolute Gasteiger partial charge is 0.329 e. The van der Waals surface area contributed by atoms with Gasteiger partial charge >= 0.3 is 12.0 Å². The molecule has 0 saturated carbocycles. The second kappa shape index (κ2) is 8.47. The topological polar surface area (TPSA) is 105 Å². The van der Waals surface area contributed by atoms with Gasteiger partial charge in [-0.1, -0.05) is 35.9 Å². The van der Waals surface area contributed by atoms with Crippen LogP contribution in [-0.2, 0) is 16.2 Å². The minimum Gasteiger partial charge on any atom is -0.493 e. The van der Waals surface area contributed by atoms with Crippen LogP contribution in [0.5, 0.6) is 11.5 Å². The average Bonchev–Trinajstić information content (AvgIpc) is 2.94. The van der Waals surface area contributed by atoms with Crippen molar-refractivity contribution in [3.8, 4) is 11.5 Å². The predicted molar refractivity (Wildman–Crippen MR) is 104 cm³/mol. The summed E-state index contributed by atoms with van der Waals surface area (Å²) < 4.78 is 11.2. The summed E-state index contributed by atoms with van der Waals surface area (Å²) in [4.78, 5) is 35.4. The molecule has 1 aliphatic heterocycles. The zero-order chi connectivity index (χ0) is 21.0. The second-order valence-corrected chi connectivity index (χ2v) is 6.46. The number of ether oxygens (including phenoxy) is 2. The number of rotatable bonds is 7. The van der Waals surface area contributed by atoms with Gasteiger partial charge in [-0.3, -0.25) is 9.59 Å². The van der Waals surface area contributed by atoms with Crippen molar-refractivity contribution in [2.75, 3.05) is 13.7 Å². The van der Waals surface area contributed by atoms with Gasteiger partial charge in [-0.15, -0.1) is 0 Å². The largest absolute Gasteiger partial charge is 0.493 e. The Bertz CT molecular complexity index is 998. The Balaban J connectivity index is 1.76. The van der Waals surface area contributed by atoms with E-state index in [1.807, 2.05) is 31.2 Å². The number of nitrogens with zero attached hydrogens (tertiary/aromatic N) is 1. The van der Waals surface area contributed by atoms with E-state index in [1.165, 1.54) is 13.2 Å². The average molecular weight is 396 g/mol. The van der Waals surface area contributed by atoms with Crippen LogP contribution in [0.25, 0.3) is 6.08 Å². The zero-order valence-corrected chi connectivity index (χ0v) is 16.0. The van der Waals surface area contributed by atoms with Crippen LogP contribution in [-0.4, -0.2) is 41.6 Å². The second-order valence-electron chi connectivity index (χ2n) is 6.46. The zero-order valence-electron chi connectivity index (χ0n) is 16.0. The van der Waals surface area contributed by atoms with Crippen LogP contribution < -0.4 is 14.8 Å². The Morgan fingerprint density at radius 3 is 2.66 bits per heavy atom. The Morgan fingerprint density at radius 2 is 1.97 bits per heavy atom. The fraction of sp³-hybridized carbons (Fsp3) is 0.190. The number of urea groups is 1. The highest BCUT2D eigenvalue weighted by molar-refractivity contribution is 6.15. The molecule has 0 bridgehead atoms. The summed E-state index contributed by atoms with van der Waals surface area (Å²) in [6.07, 6.45) is 1.45. The number of carbonyl (C=O) groups excluding carboxylic acids is 2. The van der Waals surface area contributed by atoms with Crippen molar-refractivity contribution in [1.82, 2.24) is 10.2 Å². The van der Waals surface area contributed by atoms with Gasteiger partial charge in [0.25, 0.3) is 5.91 Å². The lowest BCUT2D eigenvalue weighted by molar-refractivity contribution is -0.140. The van der Waals surface area contributed by atoms with Gasteiger partial charge in [-0.2, -0.15) is 0 Å². The first-order valence-corrected chi connectivity index (χ1v) is 8.80. The number of nitrogens with one attached hydrogen (secondary N) is 1. The summed E-state index contributed by atoms with van der Waals surface area (Å²) in [5.41, 5.74) is 2.74. The number of aryl methyl sites for hydroxylation is 1. The van der Waals surface area contributed by atoms with Gasteiger partial charge in [0.2, 0.25) is 0 Å². The van der Waals surface area contributed by atoms with Crippen molar-refractivity contribution in [3.05, 3.63) is 64.9 Å². The normalized spacial score (nSPS) is 14.8. The molecule has 0 spiro atoms. The van der Waals surface area contributed by atoms with Gasteiger partial charge < -0.3 is 19.9 Å². The van der Waals surface area contributed by atoms with Crippen molar-refractivity contribution >= 4 is 24.0 Å². The molecule has 8 heteroatoms. The maximum atomic E-state index is 12.2. The Hall–Kier alpha value is -3.81. The predicted octanol–water partition coefficient (Wildman–Crippen LogP) is 2.56. The molecule has 2 aromatic carbocycles. The summed E-state index contributed by atoms with van der Waals surface area (Å²) in [5, 5.41) is 11.2. The molecule has 8 nitrogen and oxygen atoms in total. The van der Waals surface area contributed by atoms with Crippen molar-refractivity contribution < 1.29 is 29.0 Å². The van der Waals surface area contributed by atoms with Crippen LogP contribution in [0.2, 0.25) is 0 Å². The number of aliphatic carboxylic acids is 1. The van der Waals surface area contributed by atoms with E-state index in [0.717, 1.165) is 11.1 Å². The molecule has 2 aromatic rings. The van der Waals surface area contributed by atoms with Gasteiger partial charge in [-0.25, -0.2) is 9.69 Å². The number of carbonyl (C=O) groups is 3. The van der Waals surface area contributed by atoms with Crippen LogP contribution in [0.4, 0.5) is 4.79 Å². The minimum atomic E-state index is -1.27. The Kier molecular flexibility index (Phi) is 5.82. The monoisotopic (exact) mass is 396 g/mol. The van der Waals surface area contributed by atoms with Crippen LogP contribution in [0.3, 0.4) is 0 Å². The lowest BCUT2D eigenvalue weighted by Crippen LogP contribution is -2.35. The van der Waals surface area contributed by atoms with Crippen LogP contribution in [0.15, 0.2) is 48.2 Å². The van der Waals surface area contributed by atoms with E-state index in [4.69, 9.17) is 14.6 Å². The molecule has 2 N–H and O–H groups in total. The number of benzene rings is 2. The van der Waals surface area contributed by atoms with Gasteiger partial charge in [0, 0.05) is 0 Å². The van der Waals surface area contributed by atoms with Gasteiger partial charge in [0.15, 0.2) is 11.5 Å². The molecule has 0 atom stereocenters. The van der Waals surface area contributed by atoms with Crippen molar-refractivity contribution in [2.24, 2.45) is 0 Å². The number of methoxy groups -OCH3 is 1. The summed E-state index contributed by atoms with van der Waals surface area (Å²) in [5.74, 6) is -0.973. The highest BCUT2D eigenvalue weighted by atomic mass is 16.5. The van der Waals surface area contributed by atoms with Crippen molar-refractivity contribution in [1.29, 1.82) is 0 Å². The van der Waals surface area contributed by atoms with E-state index in [1.54, 1.807) is 18.2 Å². The lowest BCUT2D eigenvalue weighted by Gasteiger charge is -2.12. The van der Waals surface area contributed by atoms with E-state index < -0.39 is 24.5 Å². The molecular weight excluding hydrogens is 376 g/mol. The third-order valence-electron chi connectivity index (χ3n) is 4.23. The van der Waals surface area contributed by atoms with E-state index in [-0.39, 0.29) is 5.70 Å². The van der Waals surface area contributed by atoms with E-state index in [0.29, 0.717) is 28.6 Å². The number of imide groups is 1. The number of carboxylic acid groups (broad SMARTS) is 1. The van der Waals surface area contributed by atoms with E-state index in [9.17, 15) is 14.4 Å². The maximum Gasteiger partial charge on any atom is 0.329 e. The lowest BCUT2D eigenvalue weighted by atomic mass is 10.1. The number of hydrogen-bond acceptors (Lipinski definition) is 5. The third kappa shape index (κ3) is 4.73. The number of hydrogen-bond donors (Lipinski definition) is 2. The molecule has 3 amide bonds. The molecule has 0 radical (unpaired) electrons. The highest BCUT2D eigenvalue weighted by Gasteiger charge is 2.34. The molecule has 29 heavy (non-hydrogen) atoms. The van der Waals surface area contributed by atoms with Gasteiger partial charge in [-0.05, 0) is 36.3 Å². The summed E-state index contributed by atoms with van der Waals surface area (Å²) in [6, 6.07) is 12.3. The van der Waals surface area contributed by atoms with E-state index >= 15 is 0 Å². The summed E-state index contributed by atoms with van der Waals surface area (Å²) >= 11 is 0. The van der Waals surface area contributed by atoms with E-state index in [2.05, 4.69) is 5.32 Å². The van der Waals surface area contributed by atoms with Crippen LogP contribution >= 0.6 is 0 Å². The Morgan fingerprint density at radius 1 is 1.17 bits per heavy atom. The molecule has 1 aliphatic rings. The van der Waals surface area contributed by atoms with Crippen LogP contribution in [0.1, 0.15) is 16.7 Å². The molecule has 1 saturated heterocycles. The standard InChI is InChI=1S/C21H20N2O6/c1-13-4-3-5-15(8-13)12-29-17-7-6-14(10-18(17)28-2)9-16-20(26)23(11-19(24)25)21(27)22-16/h3-10H,11-12H2,1-2H3,(H,22,27)(H,24,25)/b16-9+. The van der Waals surface area contributed by atoms with Crippen molar-refractivity contribution in [2.45, 2.75) is 13.5 Å². The van der Waals surface area contributed by atoms with Crippen molar-refractivity contribution in [3.63, 3.8) is 0 Å².